The molecule has 1 amide bonds. The van der Waals surface area contributed by atoms with E-state index < -0.39 is 5.91 Å². The van der Waals surface area contributed by atoms with Gasteiger partial charge in [0.15, 0.2) is 0 Å². The molecule has 2 aromatic rings. The maximum atomic E-state index is 11.3. The third-order valence-corrected chi connectivity index (χ3v) is 2.89. The van der Waals surface area contributed by atoms with Crippen molar-refractivity contribution in [3.05, 3.63) is 41.0 Å². The second-order valence-corrected chi connectivity index (χ2v) is 4.02. The number of hydrogen-bond donors (Lipinski definition) is 2. The van der Waals surface area contributed by atoms with Gasteiger partial charge in [-0.25, -0.2) is 0 Å². The molecule has 0 atom stereocenters. The summed E-state index contributed by atoms with van der Waals surface area (Å²) >= 11 is 0. The van der Waals surface area contributed by atoms with Gasteiger partial charge in [0.1, 0.15) is 0 Å². The molecule has 0 aliphatic heterocycles. The second kappa shape index (κ2) is 3.52. The fraction of sp³-hybridized carbons (Fsp3) is 0.154. The minimum Gasteiger partial charge on any atom is -0.398 e. The Morgan fingerprint density at radius 3 is 2.44 bits per heavy atom. The summed E-state index contributed by atoms with van der Waals surface area (Å²) in [4.78, 5) is 11.3. The molecule has 0 aromatic heterocycles. The first-order valence-electron chi connectivity index (χ1n) is 5.10. The summed E-state index contributed by atoms with van der Waals surface area (Å²) in [6.45, 7) is 3.87. The molecule has 2 rings (SSSR count). The predicted octanol–water partition coefficient (Wildman–Crippen LogP) is 2.14. The summed E-state index contributed by atoms with van der Waals surface area (Å²) in [7, 11) is 0. The molecule has 82 valence electrons. The van der Waals surface area contributed by atoms with Crippen molar-refractivity contribution in [2.24, 2.45) is 5.73 Å². The van der Waals surface area contributed by atoms with Crippen LogP contribution in [0, 0.1) is 13.8 Å². The summed E-state index contributed by atoms with van der Waals surface area (Å²) in [5, 5.41) is 1.96. The van der Waals surface area contributed by atoms with Crippen molar-refractivity contribution < 1.29 is 4.79 Å². The molecule has 0 heterocycles. The SMILES string of the molecule is Cc1cc2c(C)cccc2c(N)c1C(N)=O. The number of amides is 1. The van der Waals surface area contributed by atoms with Crippen LogP contribution in [0.4, 0.5) is 5.69 Å². The molecule has 0 spiro atoms. The third kappa shape index (κ3) is 1.41. The van der Waals surface area contributed by atoms with Crippen molar-refractivity contribution in [1.29, 1.82) is 0 Å². The van der Waals surface area contributed by atoms with E-state index in [1.165, 1.54) is 0 Å². The molecule has 2 aromatic carbocycles. The van der Waals surface area contributed by atoms with Crippen LogP contribution in [0.3, 0.4) is 0 Å². The Balaban J connectivity index is 2.94. The Morgan fingerprint density at radius 1 is 1.12 bits per heavy atom. The first-order valence-corrected chi connectivity index (χ1v) is 5.10. The van der Waals surface area contributed by atoms with Crippen LogP contribution in [0.1, 0.15) is 21.5 Å². The zero-order valence-corrected chi connectivity index (χ0v) is 9.37. The number of rotatable bonds is 1. The number of anilines is 1. The van der Waals surface area contributed by atoms with E-state index in [0.29, 0.717) is 11.3 Å². The monoisotopic (exact) mass is 214 g/mol. The number of nitrogen functional groups attached to an aromatic ring is 1. The highest BCUT2D eigenvalue weighted by atomic mass is 16.1. The number of primary amides is 1. The van der Waals surface area contributed by atoms with Crippen molar-refractivity contribution in [3.63, 3.8) is 0 Å². The topological polar surface area (TPSA) is 69.1 Å². The average molecular weight is 214 g/mol. The lowest BCUT2D eigenvalue weighted by atomic mass is 9.96. The van der Waals surface area contributed by atoms with Gasteiger partial charge in [-0.05, 0) is 30.4 Å². The molecule has 0 saturated heterocycles. The summed E-state index contributed by atoms with van der Waals surface area (Å²) in [6.07, 6.45) is 0. The largest absolute Gasteiger partial charge is 0.398 e. The van der Waals surface area contributed by atoms with Gasteiger partial charge in [-0.2, -0.15) is 0 Å². The first-order chi connectivity index (χ1) is 7.52. The van der Waals surface area contributed by atoms with Crippen LogP contribution in [0.2, 0.25) is 0 Å². The summed E-state index contributed by atoms with van der Waals surface area (Å²) in [5.74, 6) is -0.474. The molecule has 0 radical (unpaired) electrons. The normalized spacial score (nSPS) is 10.6. The molecule has 0 aliphatic rings. The average Bonchev–Trinajstić information content (AvgIpc) is 2.19. The Morgan fingerprint density at radius 2 is 1.81 bits per heavy atom. The number of carbonyl (C=O) groups is 1. The lowest BCUT2D eigenvalue weighted by molar-refractivity contribution is 0.100. The quantitative estimate of drug-likeness (QED) is 0.714. The minimum atomic E-state index is -0.474. The highest BCUT2D eigenvalue weighted by molar-refractivity contribution is 6.09. The Bertz CT molecular complexity index is 588. The van der Waals surface area contributed by atoms with Crippen LogP contribution in [-0.2, 0) is 0 Å². The van der Waals surface area contributed by atoms with Crippen LogP contribution in [-0.4, -0.2) is 5.91 Å². The smallest absolute Gasteiger partial charge is 0.251 e. The molecular weight excluding hydrogens is 200 g/mol. The number of hydrogen-bond acceptors (Lipinski definition) is 2. The number of fused-ring (bicyclic) bond motifs is 1. The Labute approximate surface area is 94.0 Å². The lowest BCUT2D eigenvalue weighted by Gasteiger charge is -2.11. The van der Waals surface area contributed by atoms with Crippen LogP contribution >= 0.6 is 0 Å². The number of benzene rings is 2. The molecule has 16 heavy (non-hydrogen) atoms. The van der Waals surface area contributed by atoms with Crippen molar-refractivity contribution in [3.8, 4) is 0 Å². The van der Waals surface area contributed by atoms with Gasteiger partial charge in [0.2, 0.25) is 0 Å². The number of nitrogens with two attached hydrogens (primary N) is 2. The molecule has 0 bridgehead atoms. The van der Waals surface area contributed by atoms with E-state index in [-0.39, 0.29) is 0 Å². The maximum absolute atomic E-state index is 11.3. The van der Waals surface area contributed by atoms with Crippen molar-refractivity contribution in [2.75, 3.05) is 5.73 Å². The van der Waals surface area contributed by atoms with E-state index in [0.717, 1.165) is 21.9 Å². The van der Waals surface area contributed by atoms with E-state index in [4.69, 9.17) is 11.5 Å². The van der Waals surface area contributed by atoms with Crippen LogP contribution in [0.15, 0.2) is 24.3 Å². The fourth-order valence-electron chi connectivity index (χ4n) is 2.07. The molecule has 0 aliphatic carbocycles. The van der Waals surface area contributed by atoms with Crippen molar-refractivity contribution in [2.45, 2.75) is 13.8 Å². The Kier molecular flexibility index (Phi) is 2.31. The fourth-order valence-corrected chi connectivity index (χ4v) is 2.07. The van der Waals surface area contributed by atoms with Gasteiger partial charge < -0.3 is 11.5 Å². The molecule has 4 N–H and O–H groups in total. The van der Waals surface area contributed by atoms with E-state index in [9.17, 15) is 4.79 Å². The summed E-state index contributed by atoms with van der Waals surface area (Å²) in [5.41, 5.74) is 14.2. The first kappa shape index (κ1) is 10.5. The molecule has 0 unspecified atom stereocenters. The standard InChI is InChI=1S/C13H14N2O/c1-7-4-3-5-9-10(7)6-8(2)11(12(9)14)13(15)16/h3-6H,14H2,1-2H3,(H2,15,16). The van der Waals surface area contributed by atoms with Gasteiger partial charge >= 0.3 is 0 Å². The van der Waals surface area contributed by atoms with Gasteiger partial charge in [0, 0.05) is 5.39 Å². The van der Waals surface area contributed by atoms with E-state index in [1.54, 1.807) is 0 Å². The number of carbonyl (C=O) groups excluding carboxylic acids is 1. The van der Waals surface area contributed by atoms with Gasteiger partial charge in [-0.15, -0.1) is 0 Å². The third-order valence-electron chi connectivity index (χ3n) is 2.89. The predicted molar refractivity (Wildman–Crippen MR) is 66.4 cm³/mol. The highest BCUT2D eigenvalue weighted by Gasteiger charge is 2.13. The van der Waals surface area contributed by atoms with Crippen molar-refractivity contribution in [1.82, 2.24) is 0 Å². The molecule has 0 fully saturated rings. The van der Waals surface area contributed by atoms with Crippen LogP contribution in [0.25, 0.3) is 10.8 Å². The molecular formula is C13H14N2O. The van der Waals surface area contributed by atoms with Crippen LogP contribution < -0.4 is 11.5 Å². The maximum Gasteiger partial charge on any atom is 0.251 e. The summed E-state index contributed by atoms with van der Waals surface area (Å²) in [6, 6.07) is 7.81. The molecule has 3 heteroatoms. The minimum absolute atomic E-state index is 0.429. The van der Waals surface area contributed by atoms with E-state index >= 15 is 0 Å². The summed E-state index contributed by atoms with van der Waals surface area (Å²) < 4.78 is 0. The Hall–Kier alpha value is -2.03. The van der Waals surface area contributed by atoms with Gasteiger partial charge in [-0.3, -0.25) is 4.79 Å². The van der Waals surface area contributed by atoms with Crippen molar-refractivity contribution >= 4 is 22.4 Å². The van der Waals surface area contributed by atoms with Crippen LogP contribution in [0.5, 0.6) is 0 Å². The van der Waals surface area contributed by atoms with Gasteiger partial charge in [0.05, 0.1) is 11.3 Å². The van der Waals surface area contributed by atoms with Gasteiger partial charge in [-0.1, -0.05) is 24.3 Å². The second-order valence-electron chi connectivity index (χ2n) is 4.02. The highest BCUT2D eigenvalue weighted by Crippen LogP contribution is 2.29. The zero-order valence-electron chi connectivity index (χ0n) is 9.37. The zero-order chi connectivity index (χ0) is 11.9. The lowest BCUT2D eigenvalue weighted by Crippen LogP contribution is -2.15. The molecule has 3 nitrogen and oxygen atoms in total. The molecule has 0 saturated carbocycles. The van der Waals surface area contributed by atoms with E-state index in [1.807, 2.05) is 38.1 Å². The van der Waals surface area contributed by atoms with E-state index in [2.05, 4.69) is 0 Å². The number of aryl methyl sites for hydroxylation is 2. The van der Waals surface area contributed by atoms with Gasteiger partial charge in [0.25, 0.3) is 5.91 Å².